The van der Waals surface area contributed by atoms with E-state index in [0.717, 1.165) is 38.0 Å². The summed E-state index contributed by atoms with van der Waals surface area (Å²) in [5, 5.41) is 16.6. The van der Waals surface area contributed by atoms with Crippen LogP contribution in [0.15, 0.2) is 87.8 Å². The minimum atomic E-state index is 0.463. The van der Waals surface area contributed by atoms with Crippen LogP contribution in [0, 0.1) is 0 Å². The second-order valence-corrected chi connectivity index (χ2v) is 9.17. The van der Waals surface area contributed by atoms with Crippen LogP contribution in [0.3, 0.4) is 0 Å². The average molecular weight is 524 g/mol. The number of halogens is 2. The van der Waals surface area contributed by atoms with Crippen molar-refractivity contribution in [3.8, 4) is 11.3 Å². The van der Waals surface area contributed by atoms with Crippen molar-refractivity contribution in [2.75, 3.05) is 5.43 Å². The molecule has 9 heteroatoms. The highest BCUT2D eigenvalue weighted by Crippen LogP contribution is 2.26. The number of hydrogen-bond donors (Lipinski definition) is 1. The summed E-state index contributed by atoms with van der Waals surface area (Å²) >= 11 is 11.0. The van der Waals surface area contributed by atoms with Crippen molar-refractivity contribution in [1.82, 2.24) is 20.0 Å². The monoisotopic (exact) mass is 522 g/mol. The lowest BCUT2D eigenvalue weighted by atomic mass is 10.1. The summed E-state index contributed by atoms with van der Waals surface area (Å²) in [5.74, 6) is 0. The summed E-state index contributed by atoms with van der Waals surface area (Å²) in [6.45, 7) is 0.463. The molecule has 0 bridgehead atoms. The number of thiazole rings is 1. The standard InChI is InChI=1S/C23H16BrClN6S/c24-17-9-5-15(6-10-17)20(13-31-22-4-2-1-3-19(22)28-30-31)27-29-23-26-21(14-32-23)16-7-11-18(25)12-8-16/h1-12,14H,13H2,(H,26,29)/b27-20-. The van der Waals surface area contributed by atoms with Crippen LogP contribution >= 0.6 is 38.9 Å². The lowest BCUT2D eigenvalue weighted by Crippen LogP contribution is -2.15. The SMILES string of the molecule is Clc1ccc(-c2csc(N/N=C(/Cn3nnc4ccccc43)c3ccc(Br)cc3)n2)cc1. The number of hydrogen-bond acceptors (Lipinski definition) is 6. The van der Waals surface area contributed by atoms with Crippen molar-refractivity contribution >= 4 is 60.7 Å². The van der Waals surface area contributed by atoms with E-state index in [2.05, 4.69) is 41.8 Å². The summed E-state index contributed by atoms with van der Waals surface area (Å²) in [7, 11) is 0. The Morgan fingerprint density at radius 2 is 1.81 bits per heavy atom. The maximum absolute atomic E-state index is 5.99. The zero-order valence-electron chi connectivity index (χ0n) is 16.6. The number of nitrogens with one attached hydrogen (secondary N) is 1. The summed E-state index contributed by atoms with van der Waals surface area (Å²) in [5.41, 5.74) is 8.60. The molecule has 0 radical (unpaired) electrons. The lowest BCUT2D eigenvalue weighted by molar-refractivity contribution is 0.700. The Bertz CT molecular complexity index is 1390. The number of rotatable bonds is 6. The van der Waals surface area contributed by atoms with Crippen LogP contribution in [0.25, 0.3) is 22.3 Å². The molecule has 0 amide bonds. The van der Waals surface area contributed by atoms with Gasteiger partial charge >= 0.3 is 0 Å². The molecule has 2 aromatic heterocycles. The number of aromatic nitrogens is 4. The Morgan fingerprint density at radius 3 is 2.62 bits per heavy atom. The van der Waals surface area contributed by atoms with Gasteiger partial charge in [-0.1, -0.05) is 69.1 Å². The molecule has 0 saturated heterocycles. The minimum Gasteiger partial charge on any atom is -0.252 e. The molecule has 0 saturated carbocycles. The highest BCUT2D eigenvalue weighted by Gasteiger charge is 2.11. The molecule has 0 spiro atoms. The number of para-hydroxylation sites is 1. The first-order valence-electron chi connectivity index (χ1n) is 9.74. The Hall–Kier alpha value is -3.07. The summed E-state index contributed by atoms with van der Waals surface area (Å²) < 4.78 is 2.85. The van der Waals surface area contributed by atoms with Crippen LogP contribution in [0.4, 0.5) is 5.13 Å². The molecule has 3 aromatic carbocycles. The van der Waals surface area contributed by atoms with E-state index in [1.54, 1.807) is 0 Å². The molecule has 0 aliphatic rings. The van der Waals surface area contributed by atoms with Gasteiger partial charge in [-0.25, -0.2) is 9.67 Å². The fraction of sp³-hybridized carbons (Fsp3) is 0.0435. The minimum absolute atomic E-state index is 0.463. The molecule has 0 atom stereocenters. The number of fused-ring (bicyclic) bond motifs is 1. The molecule has 2 heterocycles. The third kappa shape index (κ3) is 4.57. The van der Waals surface area contributed by atoms with Gasteiger partial charge in [0.25, 0.3) is 0 Å². The normalized spacial score (nSPS) is 11.8. The molecule has 32 heavy (non-hydrogen) atoms. The fourth-order valence-electron chi connectivity index (χ4n) is 3.20. The van der Waals surface area contributed by atoms with Crippen molar-refractivity contribution in [2.24, 2.45) is 5.10 Å². The molecule has 1 N–H and O–H groups in total. The van der Waals surface area contributed by atoms with Gasteiger partial charge in [0.05, 0.1) is 23.5 Å². The Morgan fingerprint density at radius 1 is 1.03 bits per heavy atom. The van der Waals surface area contributed by atoms with E-state index in [4.69, 9.17) is 11.6 Å². The molecule has 0 unspecified atom stereocenters. The van der Waals surface area contributed by atoms with Crippen LogP contribution in [0.2, 0.25) is 5.02 Å². The van der Waals surface area contributed by atoms with Gasteiger partial charge in [0.2, 0.25) is 5.13 Å². The highest BCUT2D eigenvalue weighted by atomic mass is 79.9. The maximum Gasteiger partial charge on any atom is 0.203 e. The molecule has 0 fully saturated rings. The van der Waals surface area contributed by atoms with Crippen LogP contribution in [0.5, 0.6) is 0 Å². The highest BCUT2D eigenvalue weighted by molar-refractivity contribution is 9.10. The Balaban J connectivity index is 1.44. The average Bonchev–Trinajstić information content (AvgIpc) is 3.45. The number of benzene rings is 3. The topological polar surface area (TPSA) is 68.0 Å². The number of anilines is 1. The van der Waals surface area contributed by atoms with Crippen molar-refractivity contribution < 1.29 is 0 Å². The van der Waals surface area contributed by atoms with Gasteiger partial charge in [0.1, 0.15) is 5.52 Å². The van der Waals surface area contributed by atoms with E-state index in [-0.39, 0.29) is 0 Å². The fourth-order valence-corrected chi connectivity index (χ4v) is 4.25. The largest absolute Gasteiger partial charge is 0.252 e. The lowest BCUT2D eigenvalue weighted by Gasteiger charge is -2.08. The van der Waals surface area contributed by atoms with E-state index in [0.29, 0.717) is 16.7 Å². The molecule has 5 aromatic rings. The first-order valence-corrected chi connectivity index (χ1v) is 11.8. The van der Waals surface area contributed by atoms with Gasteiger partial charge in [0.15, 0.2) is 0 Å². The van der Waals surface area contributed by atoms with Crippen molar-refractivity contribution in [3.05, 3.63) is 93.2 Å². The smallest absolute Gasteiger partial charge is 0.203 e. The second kappa shape index (κ2) is 9.20. The van der Waals surface area contributed by atoms with Gasteiger partial charge in [-0.3, -0.25) is 5.43 Å². The molecule has 6 nitrogen and oxygen atoms in total. The van der Waals surface area contributed by atoms with Crippen molar-refractivity contribution in [1.29, 1.82) is 0 Å². The first kappa shape index (κ1) is 20.8. The van der Waals surface area contributed by atoms with Gasteiger partial charge in [-0.05, 0) is 42.0 Å². The van der Waals surface area contributed by atoms with E-state index in [1.807, 2.05) is 82.9 Å². The maximum atomic E-state index is 5.99. The number of nitrogens with zero attached hydrogens (tertiary/aromatic N) is 5. The van der Waals surface area contributed by atoms with Gasteiger partial charge < -0.3 is 0 Å². The van der Waals surface area contributed by atoms with E-state index >= 15 is 0 Å². The molecule has 0 aliphatic heterocycles. The Labute approximate surface area is 201 Å². The summed E-state index contributed by atoms with van der Waals surface area (Å²) in [6.07, 6.45) is 0. The third-order valence-electron chi connectivity index (χ3n) is 4.83. The van der Waals surface area contributed by atoms with E-state index in [9.17, 15) is 0 Å². The van der Waals surface area contributed by atoms with Crippen molar-refractivity contribution in [3.63, 3.8) is 0 Å². The molecule has 158 valence electrons. The summed E-state index contributed by atoms with van der Waals surface area (Å²) in [6, 6.07) is 23.5. The predicted octanol–water partition coefficient (Wildman–Crippen LogP) is 6.49. The zero-order valence-corrected chi connectivity index (χ0v) is 19.8. The van der Waals surface area contributed by atoms with Crippen LogP contribution in [-0.2, 0) is 6.54 Å². The Kier molecular flexibility index (Phi) is 5.98. The van der Waals surface area contributed by atoms with Crippen LogP contribution in [0.1, 0.15) is 5.56 Å². The predicted molar refractivity (Wildman–Crippen MR) is 134 cm³/mol. The molecular formula is C23H16BrClN6S. The third-order valence-corrected chi connectivity index (χ3v) is 6.36. The van der Waals surface area contributed by atoms with Crippen LogP contribution < -0.4 is 5.43 Å². The summed E-state index contributed by atoms with van der Waals surface area (Å²) in [4.78, 5) is 4.65. The molecule has 5 rings (SSSR count). The first-order chi connectivity index (χ1) is 15.7. The number of hydrazone groups is 1. The second-order valence-electron chi connectivity index (χ2n) is 6.96. The van der Waals surface area contributed by atoms with Gasteiger partial charge in [-0.15, -0.1) is 16.4 Å². The quantitative estimate of drug-likeness (QED) is 0.204. The zero-order chi connectivity index (χ0) is 21.9. The molecular weight excluding hydrogens is 508 g/mol. The van der Waals surface area contributed by atoms with E-state index < -0.39 is 0 Å². The van der Waals surface area contributed by atoms with E-state index in [1.165, 1.54) is 11.3 Å². The van der Waals surface area contributed by atoms with Crippen LogP contribution in [-0.4, -0.2) is 25.7 Å². The van der Waals surface area contributed by atoms with Gasteiger partial charge in [-0.2, -0.15) is 5.10 Å². The molecule has 0 aliphatic carbocycles. The van der Waals surface area contributed by atoms with Gasteiger partial charge in [0, 0.05) is 20.4 Å². The van der Waals surface area contributed by atoms with Crippen molar-refractivity contribution in [2.45, 2.75) is 6.54 Å².